The third-order valence-electron chi connectivity index (χ3n) is 5.92. The molecule has 0 radical (unpaired) electrons. The molecule has 166 valence electrons. The van der Waals surface area contributed by atoms with Gasteiger partial charge in [-0.05, 0) is 37.0 Å². The van der Waals surface area contributed by atoms with E-state index in [9.17, 15) is 14.4 Å². The molecular weight excluding hydrogens is 394 g/mol. The zero-order valence-corrected chi connectivity index (χ0v) is 17.9. The summed E-state index contributed by atoms with van der Waals surface area (Å²) >= 11 is 0. The summed E-state index contributed by atoms with van der Waals surface area (Å²) in [5, 5.41) is 14.7. The smallest absolute Gasteiger partial charge is 0.315 e. The fourth-order valence-electron chi connectivity index (χ4n) is 4.08. The Kier molecular flexibility index (Phi) is 8.27. The van der Waals surface area contributed by atoms with Crippen molar-refractivity contribution >= 4 is 17.8 Å². The van der Waals surface area contributed by atoms with E-state index in [-0.39, 0.29) is 30.4 Å². The van der Waals surface area contributed by atoms with Crippen LogP contribution in [-0.4, -0.2) is 59.9 Å². The molecule has 2 N–H and O–H groups in total. The van der Waals surface area contributed by atoms with Gasteiger partial charge >= 0.3 is 6.03 Å². The maximum Gasteiger partial charge on any atom is 0.315 e. The predicted octanol–water partition coefficient (Wildman–Crippen LogP) is 2.14. The van der Waals surface area contributed by atoms with E-state index in [2.05, 4.69) is 16.7 Å². The lowest BCUT2D eigenvalue weighted by Gasteiger charge is -2.34. The molecule has 1 aliphatic carbocycles. The molecule has 2 aliphatic rings. The average Bonchev–Trinajstić information content (AvgIpc) is 2.79. The van der Waals surface area contributed by atoms with Gasteiger partial charge in [0.05, 0.1) is 18.2 Å². The Morgan fingerprint density at radius 1 is 1.10 bits per heavy atom. The molecule has 3 rings (SSSR count). The molecule has 0 spiro atoms. The van der Waals surface area contributed by atoms with E-state index in [1.54, 1.807) is 21.9 Å². The Bertz CT molecular complexity index is 811. The first-order valence-corrected chi connectivity index (χ1v) is 11.1. The number of hydrogen-bond donors (Lipinski definition) is 2. The summed E-state index contributed by atoms with van der Waals surface area (Å²) in [6.07, 6.45) is 6.52. The van der Waals surface area contributed by atoms with Crippen molar-refractivity contribution in [1.82, 2.24) is 20.4 Å². The zero-order chi connectivity index (χ0) is 22.1. The Balaban J connectivity index is 1.33. The Morgan fingerprint density at radius 3 is 2.52 bits per heavy atom. The number of urea groups is 1. The van der Waals surface area contributed by atoms with Crippen LogP contribution >= 0.6 is 0 Å². The Hall–Kier alpha value is -3.08. The average molecular weight is 426 g/mol. The minimum absolute atomic E-state index is 0.0548. The molecule has 0 atom stereocenters. The van der Waals surface area contributed by atoms with Crippen molar-refractivity contribution < 1.29 is 14.4 Å². The number of amides is 4. The Labute approximate surface area is 183 Å². The fourth-order valence-corrected chi connectivity index (χ4v) is 4.08. The van der Waals surface area contributed by atoms with Gasteiger partial charge in [0.15, 0.2) is 0 Å². The molecule has 1 aromatic rings. The first kappa shape index (κ1) is 22.6. The number of piperazine rings is 1. The number of carbonyl (C=O) groups excluding carboxylic acids is 3. The summed E-state index contributed by atoms with van der Waals surface area (Å²) in [6.45, 7) is 2.01. The van der Waals surface area contributed by atoms with Crippen LogP contribution in [0.25, 0.3) is 0 Å². The van der Waals surface area contributed by atoms with Crippen molar-refractivity contribution in [3.63, 3.8) is 0 Å². The van der Waals surface area contributed by atoms with Crippen molar-refractivity contribution in [1.29, 1.82) is 5.26 Å². The van der Waals surface area contributed by atoms with Crippen LogP contribution in [0.15, 0.2) is 24.3 Å². The molecule has 31 heavy (non-hydrogen) atoms. The molecule has 8 heteroatoms. The van der Waals surface area contributed by atoms with Gasteiger partial charge in [0.2, 0.25) is 11.8 Å². The van der Waals surface area contributed by atoms with E-state index >= 15 is 0 Å². The van der Waals surface area contributed by atoms with Crippen LogP contribution in [-0.2, 0) is 16.1 Å². The molecule has 4 amide bonds. The van der Waals surface area contributed by atoms with Gasteiger partial charge in [0.25, 0.3) is 0 Å². The number of hydrogen-bond acceptors (Lipinski definition) is 4. The lowest BCUT2D eigenvalue weighted by Crippen LogP contribution is -2.51. The second kappa shape index (κ2) is 11.3. The zero-order valence-electron chi connectivity index (χ0n) is 17.9. The number of rotatable bonds is 7. The minimum Gasteiger partial charge on any atom is -0.338 e. The van der Waals surface area contributed by atoms with E-state index in [0.29, 0.717) is 44.6 Å². The summed E-state index contributed by atoms with van der Waals surface area (Å²) in [6, 6.07) is 9.36. The number of nitrogens with zero attached hydrogens (tertiary/aromatic N) is 3. The molecule has 1 aromatic carbocycles. The molecule has 1 saturated carbocycles. The summed E-state index contributed by atoms with van der Waals surface area (Å²) in [4.78, 5) is 40.2. The highest BCUT2D eigenvalue weighted by atomic mass is 16.2. The molecular formula is C23H31N5O3. The van der Waals surface area contributed by atoms with Crippen molar-refractivity contribution in [3.05, 3.63) is 35.4 Å². The summed E-state index contributed by atoms with van der Waals surface area (Å²) < 4.78 is 0. The number of nitrogens with one attached hydrogen (secondary N) is 2. The van der Waals surface area contributed by atoms with E-state index in [0.717, 1.165) is 18.4 Å². The van der Waals surface area contributed by atoms with Crippen LogP contribution in [0.3, 0.4) is 0 Å². The summed E-state index contributed by atoms with van der Waals surface area (Å²) in [7, 11) is 0. The van der Waals surface area contributed by atoms with E-state index in [1.165, 1.54) is 19.3 Å². The van der Waals surface area contributed by atoms with Crippen LogP contribution in [0.1, 0.15) is 56.1 Å². The van der Waals surface area contributed by atoms with Gasteiger partial charge in [-0.1, -0.05) is 31.4 Å². The standard InChI is InChI=1S/C23H31N5O3/c24-15-18-8-10-19(11-9-18)16-27-13-14-28(17-22(27)30)21(29)7-4-12-25-23(31)26-20-5-2-1-3-6-20/h8-11,20H,1-7,12-14,16-17H2,(H2,25,26,31). The molecule has 0 unspecified atom stereocenters. The lowest BCUT2D eigenvalue weighted by atomic mass is 9.96. The second-order valence-electron chi connectivity index (χ2n) is 8.28. The largest absolute Gasteiger partial charge is 0.338 e. The number of nitriles is 1. The molecule has 1 saturated heterocycles. The molecule has 8 nitrogen and oxygen atoms in total. The molecule has 2 fully saturated rings. The minimum atomic E-state index is -0.161. The van der Waals surface area contributed by atoms with Gasteiger partial charge in [0, 0.05) is 38.6 Å². The topological polar surface area (TPSA) is 106 Å². The molecule has 0 bridgehead atoms. The van der Waals surface area contributed by atoms with Gasteiger partial charge in [-0.25, -0.2) is 4.79 Å². The van der Waals surface area contributed by atoms with Crippen molar-refractivity contribution in [2.75, 3.05) is 26.2 Å². The lowest BCUT2D eigenvalue weighted by molar-refractivity contribution is -0.145. The SMILES string of the molecule is N#Cc1ccc(CN2CCN(C(=O)CCCNC(=O)NC3CCCCC3)CC2=O)cc1. The quantitative estimate of drug-likeness (QED) is 0.653. The fraction of sp³-hybridized carbons (Fsp3) is 0.565. The van der Waals surface area contributed by atoms with Gasteiger partial charge in [-0.15, -0.1) is 0 Å². The van der Waals surface area contributed by atoms with Crippen LogP contribution in [0.4, 0.5) is 4.79 Å². The molecule has 1 aliphatic heterocycles. The normalized spacial score (nSPS) is 17.2. The third-order valence-corrected chi connectivity index (χ3v) is 5.92. The Morgan fingerprint density at radius 2 is 1.84 bits per heavy atom. The van der Waals surface area contributed by atoms with Gasteiger partial charge < -0.3 is 20.4 Å². The number of carbonyl (C=O) groups is 3. The van der Waals surface area contributed by atoms with Crippen molar-refractivity contribution in [2.24, 2.45) is 0 Å². The van der Waals surface area contributed by atoms with Crippen LogP contribution in [0.2, 0.25) is 0 Å². The molecule has 1 heterocycles. The van der Waals surface area contributed by atoms with E-state index in [4.69, 9.17) is 5.26 Å². The maximum atomic E-state index is 12.5. The first-order valence-electron chi connectivity index (χ1n) is 11.1. The van der Waals surface area contributed by atoms with Gasteiger partial charge in [0.1, 0.15) is 0 Å². The predicted molar refractivity (Wildman–Crippen MR) is 116 cm³/mol. The van der Waals surface area contributed by atoms with E-state index in [1.807, 2.05) is 12.1 Å². The van der Waals surface area contributed by atoms with Gasteiger partial charge in [-0.2, -0.15) is 5.26 Å². The summed E-state index contributed by atoms with van der Waals surface area (Å²) in [5.41, 5.74) is 1.55. The van der Waals surface area contributed by atoms with Crippen LogP contribution in [0, 0.1) is 11.3 Å². The van der Waals surface area contributed by atoms with Crippen LogP contribution < -0.4 is 10.6 Å². The first-order chi connectivity index (χ1) is 15.0. The van der Waals surface area contributed by atoms with Gasteiger partial charge in [-0.3, -0.25) is 9.59 Å². The highest BCUT2D eigenvalue weighted by molar-refractivity contribution is 5.86. The van der Waals surface area contributed by atoms with Crippen LogP contribution in [0.5, 0.6) is 0 Å². The second-order valence-corrected chi connectivity index (χ2v) is 8.28. The number of benzene rings is 1. The molecule has 0 aromatic heterocycles. The van der Waals surface area contributed by atoms with Crippen molar-refractivity contribution in [3.8, 4) is 6.07 Å². The monoisotopic (exact) mass is 425 g/mol. The third kappa shape index (κ3) is 6.99. The van der Waals surface area contributed by atoms with Crippen molar-refractivity contribution in [2.45, 2.75) is 57.5 Å². The van der Waals surface area contributed by atoms with E-state index < -0.39 is 0 Å². The highest BCUT2D eigenvalue weighted by Crippen LogP contribution is 2.17. The highest BCUT2D eigenvalue weighted by Gasteiger charge is 2.26. The summed E-state index contributed by atoms with van der Waals surface area (Å²) in [5.74, 6) is -0.130. The maximum absolute atomic E-state index is 12.5.